The highest BCUT2D eigenvalue weighted by Gasteiger charge is 2.29. The Bertz CT molecular complexity index is 512. The summed E-state index contributed by atoms with van der Waals surface area (Å²) in [6, 6.07) is 4.11. The van der Waals surface area contributed by atoms with E-state index in [0.717, 1.165) is 0 Å². The van der Waals surface area contributed by atoms with Crippen LogP contribution in [0.3, 0.4) is 0 Å². The van der Waals surface area contributed by atoms with Gasteiger partial charge in [0.05, 0.1) is 30.9 Å². The van der Waals surface area contributed by atoms with Gasteiger partial charge in [0.2, 0.25) is 0 Å². The van der Waals surface area contributed by atoms with Crippen LogP contribution in [-0.2, 0) is 6.42 Å². The first kappa shape index (κ1) is 17.1. The van der Waals surface area contributed by atoms with Crippen molar-refractivity contribution >= 4 is 11.9 Å². The molecule has 0 spiro atoms. The topological polar surface area (TPSA) is 135 Å². The van der Waals surface area contributed by atoms with E-state index in [-0.39, 0.29) is 29.5 Å². The maximum atomic E-state index is 11.3. The molecule has 0 aliphatic heterocycles. The number of carboxylic acids is 2. The summed E-state index contributed by atoms with van der Waals surface area (Å²) >= 11 is 0. The van der Waals surface area contributed by atoms with Gasteiger partial charge in [0.15, 0.2) is 0 Å². The number of aryl methyl sites for hydroxylation is 1. The number of rotatable bonds is 8. The average molecular weight is 298 g/mol. The molecular formula is C14H18O7. The number of aliphatic hydroxyl groups is 3. The molecule has 1 rings (SSSR count). The van der Waals surface area contributed by atoms with Crippen molar-refractivity contribution in [3.8, 4) is 0 Å². The Morgan fingerprint density at radius 3 is 1.95 bits per heavy atom. The molecular weight excluding hydrogens is 280 g/mol. The molecule has 7 heteroatoms. The van der Waals surface area contributed by atoms with E-state index in [2.05, 4.69) is 0 Å². The Balaban J connectivity index is 3.12. The van der Waals surface area contributed by atoms with Crippen molar-refractivity contribution in [1.29, 1.82) is 0 Å². The number of aromatic carboxylic acids is 2. The fourth-order valence-corrected chi connectivity index (χ4v) is 2.03. The van der Waals surface area contributed by atoms with E-state index in [1.807, 2.05) is 0 Å². The molecule has 116 valence electrons. The van der Waals surface area contributed by atoms with Gasteiger partial charge < -0.3 is 25.5 Å². The third-order valence-electron chi connectivity index (χ3n) is 3.53. The van der Waals surface area contributed by atoms with Gasteiger partial charge in [0.1, 0.15) is 0 Å². The predicted octanol–water partition coefficient (Wildman–Crippen LogP) is -0.0211. The molecule has 0 saturated carbocycles. The maximum absolute atomic E-state index is 11.3. The summed E-state index contributed by atoms with van der Waals surface area (Å²) in [5, 5.41) is 45.9. The van der Waals surface area contributed by atoms with Gasteiger partial charge in [-0.05, 0) is 24.5 Å². The number of benzene rings is 1. The lowest BCUT2D eigenvalue weighted by Gasteiger charge is -2.27. The molecule has 0 heterocycles. The number of hydrogen-bond acceptors (Lipinski definition) is 5. The molecule has 0 aliphatic carbocycles. The molecule has 0 aliphatic rings. The molecule has 0 aromatic heterocycles. The fourth-order valence-electron chi connectivity index (χ4n) is 2.03. The average Bonchev–Trinajstić information content (AvgIpc) is 2.48. The van der Waals surface area contributed by atoms with E-state index < -0.39 is 37.2 Å². The lowest BCUT2D eigenvalue weighted by molar-refractivity contribution is -0.000310. The second kappa shape index (κ2) is 7.16. The van der Waals surface area contributed by atoms with Crippen LogP contribution >= 0.6 is 0 Å². The SMILES string of the molecule is O=C(O)c1cccc(CCC(CO)(CO)CO)c1C(=O)O. The molecule has 1 aromatic rings. The molecule has 7 nitrogen and oxygen atoms in total. The number of carbonyl (C=O) groups is 2. The zero-order chi connectivity index (χ0) is 16.0. The van der Waals surface area contributed by atoms with Crippen molar-refractivity contribution in [2.24, 2.45) is 5.41 Å². The molecule has 0 amide bonds. The van der Waals surface area contributed by atoms with Crippen LogP contribution in [-0.4, -0.2) is 57.3 Å². The molecule has 0 radical (unpaired) electrons. The monoisotopic (exact) mass is 298 g/mol. The van der Waals surface area contributed by atoms with Crippen LogP contribution in [0.15, 0.2) is 18.2 Å². The van der Waals surface area contributed by atoms with Crippen LogP contribution in [0.5, 0.6) is 0 Å². The highest BCUT2D eigenvalue weighted by molar-refractivity contribution is 6.02. The first-order chi connectivity index (χ1) is 9.90. The largest absolute Gasteiger partial charge is 0.478 e. The molecule has 0 unspecified atom stereocenters. The van der Waals surface area contributed by atoms with E-state index in [1.165, 1.54) is 18.2 Å². The van der Waals surface area contributed by atoms with E-state index in [9.17, 15) is 30.0 Å². The number of hydrogen-bond donors (Lipinski definition) is 5. The minimum Gasteiger partial charge on any atom is -0.478 e. The second-order valence-corrected chi connectivity index (χ2v) is 4.92. The van der Waals surface area contributed by atoms with Gasteiger partial charge in [-0.15, -0.1) is 0 Å². The molecule has 1 aromatic carbocycles. The minimum absolute atomic E-state index is 0.116. The molecule has 0 fully saturated rings. The van der Waals surface area contributed by atoms with Gasteiger partial charge in [0.25, 0.3) is 0 Å². The standard InChI is InChI=1S/C14H18O7/c15-6-14(7-16,8-17)5-4-9-2-1-3-10(12(18)19)11(9)13(20)21/h1-3,15-17H,4-8H2,(H,18,19)(H,20,21). The maximum Gasteiger partial charge on any atom is 0.336 e. The fraction of sp³-hybridized carbons (Fsp3) is 0.429. The van der Waals surface area contributed by atoms with Gasteiger partial charge in [0, 0.05) is 5.41 Å². The Kier molecular flexibility index (Phi) is 5.83. The summed E-state index contributed by atoms with van der Waals surface area (Å²) in [6.45, 7) is -1.37. The lowest BCUT2D eigenvalue weighted by atomic mass is 9.83. The summed E-state index contributed by atoms with van der Waals surface area (Å²) in [6.07, 6.45) is 0.240. The van der Waals surface area contributed by atoms with Crippen LogP contribution in [0.2, 0.25) is 0 Å². The van der Waals surface area contributed by atoms with Gasteiger partial charge in [-0.1, -0.05) is 12.1 Å². The second-order valence-electron chi connectivity index (χ2n) is 4.92. The first-order valence-electron chi connectivity index (χ1n) is 6.32. The molecule has 21 heavy (non-hydrogen) atoms. The van der Waals surface area contributed by atoms with Gasteiger partial charge in [-0.2, -0.15) is 0 Å². The highest BCUT2D eigenvalue weighted by Crippen LogP contribution is 2.25. The van der Waals surface area contributed by atoms with Gasteiger partial charge in [-0.3, -0.25) is 0 Å². The third kappa shape index (κ3) is 3.78. The van der Waals surface area contributed by atoms with Crippen molar-refractivity contribution in [2.45, 2.75) is 12.8 Å². The number of carboxylic acid groups (broad SMARTS) is 2. The molecule has 0 atom stereocenters. The Hall–Kier alpha value is -1.96. The van der Waals surface area contributed by atoms with Crippen molar-refractivity contribution < 1.29 is 35.1 Å². The van der Waals surface area contributed by atoms with Crippen molar-refractivity contribution in [3.63, 3.8) is 0 Å². The number of aliphatic hydroxyl groups excluding tert-OH is 3. The quantitative estimate of drug-likeness (QED) is 0.455. The first-order valence-corrected chi connectivity index (χ1v) is 6.32. The Morgan fingerprint density at radius 2 is 1.52 bits per heavy atom. The van der Waals surface area contributed by atoms with Crippen molar-refractivity contribution in [3.05, 3.63) is 34.9 Å². The molecule has 0 saturated heterocycles. The lowest BCUT2D eigenvalue weighted by Crippen LogP contribution is -2.34. The van der Waals surface area contributed by atoms with Crippen LogP contribution in [0.1, 0.15) is 32.7 Å². The highest BCUT2D eigenvalue weighted by atomic mass is 16.4. The predicted molar refractivity (Wildman–Crippen MR) is 72.4 cm³/mol. The van der Waals surface area contributed by atoms with E-state index in [1.54, 1.807) is 0 Å². The zero-order valence-electron chi connectivity index (χ0n) is 11.3. The van der Waals surface area contributed by atoms with Gasteiger partial charge in [-0.25, -0.2) is 9.59 Å². The normalized spacial score (nSPS) is 11.4. The third-order valence-corrected chi connectivity index (χ3v) is 3.53. The Morgan fingerprint density at radius 1 is 0.952 bits per heavy atom. The summed E-state index contributed by atoms with van der Waals surface area (Å²) in [5.74, 6) is -2.70. The van der Waals surface area contributed by atoms with Crippen LogP contribution in [0.4, 0.5) is 0 Å². The van der Waals surface area contributed by atoms with Crippen molar-refractivity contribution in [1.82, 2.24) is 0 Å². The zero-order valence-corrected chi connectivity index (χ0v) is 11.3. The summed E-state index contributed by atoms with van der Waals surface area (Å²) in [4.78, 5) is 22.3. The summed E-state index contributed by atoms with van der Waals surface area (Å²) in [7, 11) is 0. The molecule has 0 bridgehead atoms. The summed E-state index contributed by atoms with van der Waals surface area (Å²) < 4.78 is 0. The smallest absolute Gasteiger partial charge is 0.336 e. The summed E-state index contributed by atoms with van der Waals surface area (Å²) in [5.41, 5.74) is -1.48. The van der Waals surface area contributed by atoms with E-state index >= 15 is 0 Å². The van der Waals surface area contributed by atoms with E-state index in [0.29, 0.717) is 0 Å². The van der Waals surface area contributed by atoms with E-state index in [4.69, 9.17) is 5.11 Å². The van der Waals surface area contributed by atoms with Crippen LogP contribution in [0, 0.1) is 5.41 Å². The van der Waals surface area contributed by atoms with Crippen molar-refractivity contribution in [2.75, 3.05) is 19.8 Å². The Labute approximate surface area is 121 Å². The minimum atomic E-state index is -1.36. The van der Waals surface area contributed by atoms with Gasteiger partial charge >= 0.3 is 11.9 Å². The van der Waals surface area contributed by atoms with Crippen LogP contribution in [0.25, 0.3) is 0 Å². The molecule has 5 N–H and O–H groups in total. The van der Waals surface area contributed by atoms with Crippen LogP contribution < -0.4 is 0 Å².